The lowest BCUT2D eigenvalue weighted by Crippen LogP contribution is -2.00. The van der Waals surface area contributed by atoms with E-state index in [2.05, 4.69) is 37.3 Å². The molecule has 90 valence electrons. The second-order valence-electron chi connectivity index (χ2n) is 3.88. The van der Waals surface area contributed by atoms with Crippen LogP contribution >= 0.6 is 15.9 Å². The normalized spacial score (nSPS) is 9.89. The zero-order valence-electron chi connectivity index (χ0n) is 10.0. The molecular formula is C13H11BrN4. The molecule has 0 aliphatic rings. The smallest absolute Gasteiger partial charge is 0.152 e. The van der Waals surface area contributed by atoms with Crippen LogP contribution in [0.2, 0.25) is 0 Å². The molecule has 0 spiro atoms. The summed E-state index contributed by atoms with van der Waals surface area (Å²) in [6, 6.07) is 7.96. The second-order valence-corrected chi connectivity index (χ2v) is 4.73. The molecular weight excluding hydrogens is 292 g/mol. The van der Waals surface area contributed by atoms with Crippen LogP contribution in [0.15, 0.2) is 28.9 Å². The lowest BCUT2D eigenvalue weighted by molar-refractivity contribution is 1.05. The van der Waals surface area contributed by atoms with E-state index in [9.17, 15) is 0 Å². The minimum absolute atomic E-state index is 0.428. The Kier molecular flexibility index (Phi) is 3.58. The highest BCUT2D eigenvalue weighted by molar-refractivity contribution is 9.10. The second kappa shape index (κ2) is 5.15. The third-order valence-electron chi connectivity index (χ3n) is 2.46. The monoisotopic (exact) mass is 302 g/mol. The van der Waals surface area contributed by atoms with Crippen molar-refractivity contribution in [2.75, 3.05) is 5.32 Å². The number of aryl methyl sites for hydroxylation is 2. The lowest BCUT2D eigenvalue weighted by atomic mass is 10.2. The third kappa shape index (κ3) is 2.66. The van der Waals surface area contributed by atoms with Gasteiger partial charge in [-0.1, -0.05) is 22.0 Å². The predicted molar refractivity (Wildman–Crippen MR) is 73.6 cm³/mol. The Balaban J connectivity index is 2.36. The molecule has 1 heterocycles. The van der Waals surface area contributed by atoms with E-state index in [1.165, 1.54) is 6.20 Å². The minimum atomic E-state index is 0.428. The summed E-state index contributed by atoms with van der Waals surface area (Å²) >= 11 is 3.47. The van der Waals surface area contributed by atoms with Crippen molar-refractivity contribution in [2.45, 2.75) is 13.8 Å². The van der Waals surface area contributed by atoms with Crippen molar-refractivity contribution in [3.63, 3.8) is 0 Å². The predicted octanol–water partition coefficient (Wildman–Crippen LogP) is 3.47. The highest BCUT2D eigenvalue weighted by atomic mass is 79.9. The van der Waals surface area contributed by atoms with E-state index in [-0.39, 0.29) is 0 Å². The molecule has 4 nitrogen and oxygen atoms in total. The van der Waals surface area contributed by atoms with Gasteiger partial charge in [0, 0.05) is 10.2 Å². The summed E-state index contributed by atoms with van der Waals surface area (Å²) in [5, 5.41) is 12.1. The lowest BCUT2D eigenvalue weighted by Gasteiger charge is -2.08. The zero-order valence-corrected chi connectivity index (χ0v) is 11.6. The van der Waals surface area contributed by atoms with Gasteiger partial charge in [-0.3, -0.25) is 0 Å². The van der Waals surface area contributed by atoms with E-state index in [0.29, 0.717) is 17.2 Å². The standard InChI is InChI=1S/C13H11BrN4/c1-8-3-4-11(5-12(8)14)18-13-10(6-15)7-16-9(2)17-13/h3-5,7H,1-2H3,(H,16,17,18). The van der Waals surface area contributed by atoms with Crippen molar-refractivity contribution >= 4 is 27.4 Å². The van der Waals surface area contributed by atoms with Crippen LogP contribution < -0.4 is 5.32 Å². The van der Waals surface area contributed by atoms with Crippen LogP contribution in [0.3, 0.4) is 0 Å². The number of hydrogen-bond acceptors (Lipinski definition) is 4. The maximum atomic E-state index is 9.01. The van der Waals surface area contributed by atoms with E-state index in [0.717, 1.165) is 15.7 Å². The molecule has 2 aromatic rings. The highest BCUT2D eigenvalue weighted by Crippen LogP contribution is 2.24. The number of hydrogen-bond donors (Lipinski definition) is 1. The maximum absolute atomic E-state index is 9.01. The molecule has 1 N–H and O–H groups in total. The van der Waals surface area contributed by atoms with E-state index in [1.807, 2.05) is 25.1 Å². The number of nitriles is 1. The van der Waals surface area contributed by atoms with Gasteiger partial charge in [-0.05, 0) is 31.5 Å². The molecule has 0 radical (unpaired) electrons. The molecule has 2 rings (SSSR count). The number of nitrogens with one attached hydrogen (secondary N) is 1. The van der Waals surface area contributed by atoms with Gasteiger partial charge in [-0.2, -0.15) is 5.26 Å². The van der Waals surface area contributed by atoms with Gasteiger partial charge in [-0.25, -0.2) is 9.97 Å². The Morgan fingerprint density at radius 1 is 1.33 bits per heavy atom. The molecule has 1 aromatic carbocycles. The van der Waals surface area contributed by atoms with Crippen LogP contribution in [0.1, 0.15) is 17.0 Å². The van der Waals surface area contributed by atoms with Crippen LogP contribution in [0.25, 0.3) is 0 Å². The number of halogens is 1. The van der Waals surface area contributed by atoms with Crippen LogP contribution in [0, 0.1) is 25.2 Å². The topological polar surface area (TPSA) is 61.6 Å². The number of aromatic nitrogens is 2. The van der Waals surface area contributed by atoms with E-state index in [1.54, 1.807) is 6.92 Å². The van der Waals surface area contributed by atoms with Gasteiger partial charge in [-0.15, -0.1) is 0 Å². The van der Waals surface area contributed by atoms with Gasteiger partial charge in [0.15, 0.2) is 5.82 Å². The van der Waals surface area contributed by atoms with Crippen LogP contribution in [-0.2, 0) is 0 Å². The minimum Gasteiger partial charge on any atom is -0.339 e. The molecule has 0 fully saturated rings. The van der Waals surface area contributed by atoms with Crippen molar-refractivity contribution in [2.24, 2.45) is 0 Å². The van der Waals surface area contributed by atoms with Crippen molar-refractivity contribution < 1.29 is 0 Å². The van der Waals surface area contributed by atoms with E-state index < -0.39 is 0 Å². The summed E-state index contributed by atoms with van der Waals surface area (Å²) in [6.45, 7) is 3.81. The fourth-order valence-corrected chi connectivity index (χ4v) is 1.83. The van der Waals surface area contributed by atoms with Gasteiger partial charge in [0.1, 0.15) is 17.5 Å². The first-order valence-corrected chi connectivity index (χ1v) is 6.16. The Morgan fingerprint density at radius 2 is 2.11 bits per heavy atom. The first-order chi connectivity index (χ1) is 8.60. The maximum Gasteiger partial charge on any atom is 0.152 e. The molecule has 1 aromatic heterocycles. The van der Waals surface area contributed by atoms with Gasteiger partial charge in [0.25, 0.3) is 0 Å². The van der Waals surface area contributed by atoms with Gasteiger partial charge in [0.2, 0.25) is 0 Å². The summed E-state index contributed by atoms with van der Waals surface area (Å²) in [6.07, 6.45) is 1.52. The molecule has 0 bridgehead atoms. The first-order valence-electron chi connectivity index (χ1n) is 5.37. The van der Waals surface area contributed by atoms with Gasteiger partial charge < -0.3 is 5.32 Å². The van der Waals surface area contributed by atoms with Crippen LogP contribution in [0.5, 0.6) is 0 Å². The average Bonchev–Trinajstić information content (AvgIpc) is 2.34. The van der Waals surface area contributed by atoms with Crippen LogP contribution in [-0.4, -0.2) is 9.97 Å². The first kappa shape index (κ1) is 12.5. The van der Waals surface area contributed by atoms with Gasteiger partial charge >= 0.3 is 0 Å². The zero-order chi connectivity index (χ0) is 13.1. The van der Waals surface area contributed by atoms with E-state index >= 15 is 0 Å². The summed E-state index contributed by atoms with van der Waals surface area (Å²) in [5.41, 5.74) is 2.46. The van der Waals surface area contributed by atoms with Crippen molar-refractivity contribution in [3.8, 4) is 6.07 Å². The van der Waals surface area contributed by atoms with Gasteiger partial charge in [0.05, 0.1) is 6.20 Å². The molecule has 0 saturated carbocycles. The molecule has 0 amide bonds. The summed E-state index contributed by atoms with van der Waals surface area (Å²) in [7, 11) is 0. The fourth-order valence-electron chi connectivity index (χ4n) is 1.45. The molecule has 0 aliphatic heterocycles. The Hall–Kier alpha value is -1.93. The molecule has 0 unspecified atom stereocenters. The quantitative estimate of drug-likeness (QED) is 0.922. The summed E-state index contributed by atoms with van der Waals surface area (Å²) in [5.74, 6) is 1.16. The summed E-state index contributed by atoms with van der Waals surface area (Å²) < 4.78 is 1.01. The largest absolute Gasteiger partial charge is 0.339 e. The fraction of sp³-hybridized carbons (Fsp3) is 0.154. The van der Waals surface area contributed by atoms with Crippen molar-refractivity contribution in [1.82, 2.24) is 9.97 Å². The number of anilines is 2. The van der Waals surface area contributed by atoms with Crippen molar-refractivity contribution in [3.05, 3.63) is 45.8 Å². The summed E-state index contributed by atoms with van der Waals surface area (Å²) in [4.78, 5) is 8.23. The number of benzene rings is 1. The third-order valence-corrected chi connectivity index (χ3v) is 3.32. The van der Waals surface area contributed by atoms with E-state index in [4.69, 9.17) is 5.26 Å². The average molecular weight is 303 g/mol. The Bertz CT molecular complexity index is 631. The number of rotatable bonds is 2. The highest BCUT2D eigenvalue weighted by Gasteiger charge is 2.06. The van der Waals surface area contributed by atoms with Crippen LogP contribution in [0.4, 0.5) is 11.5 Å². The number of nitrogens with zero attached hydrogens (tertiary/aromatic N) is 3. The molecule has 0 saturated heterocycles. The SMILES string of the molecule is Cc1ncc(C#N)c(Nc2ccc(C)c(Br)c2)n1. The van der Waals surface area contributed by atoms with Crippen molar-refractivity contribution in [1.29, 1.82) is 5.26 Å². The molecule has 0 atom stereocenters. The molecule has 0 aliphatic carbocycles. The Morgan fingerprint density at radius 3 is 2.78 bits per heavy atom. The molecule has 5 heteroatoms. The molecule has 18 heavy (non-hydrogen) atoms. The Labute approximate surface area is 114 Å².